The van der Waals surface area contributed by atoms with Crippen LogP contribution in [0.2, 0.25) is 0 Å². The van der Waals surface area contributed by atoms with Crippen LogP contribution in [-0.4, -0.2) is 10.5 Å². The number of benzene rings is 2. The summed E-state index contributed by atoms with van der Waals surface area (Å²) in [5.41, 5.74) is 2.78. The van der Waals surface area contributed by atoms with Crippen molar-refractivity contribution in [1.29, 1.82) is 0 Å². The van der Waals surface area contributed by atoms with Crippen LogP contribution < -0.4 is 10.1 Å². The van der Waals surface area contributed by atoms with Crippen molar-refractivity contribution in [3.63, 3.8) is 0 Å². The molecule has 0 aliphatic heterocycles. The number of amides is 1. The van der Waals surface area contributed by atoms with E-state index in [1.54, 1.807) is 11.3 Å². The van der Waals surface area contributed by atoms with E-state index >= 15 is 0 Å². The fourth-order valence-electron chi connectivity index (χ4n) is 2.80. The lowest BCUT2D eigenvalue weighted by Gasteiger charge is -2.08. The van der Waals surface area contributed by atoms with Gasteiger partial charge in [0.1, 0.15) is 0 Å². The molecular formula is C20H19BrClN3OS. The van der Waals surface area contributed by atoms with E-state index in [0.717, 1.165) is 39.2 Å². The van der Waals surface area contributed by atoms with Gasteiger partial charge in [0.15, 0.2) is 4.80 Å². The number of carbonyl (C=O) groups excluding carboxylic acids is 1. The van der Waals surface area contributed by atoms with Gasteiger partial charge in [0.25, 0.3) is 0 Å². The van der Waals surface area contributed by atoms with Gasteiger partial charge in [-0.15, -0.1) is 23.7 Å². The number of halogens is 2. The van der Waals surface area contributed by atoms with Gasteiger partial charge in [-0.1, -0.05) is 34.1 Å². The van der Waals surface area contributed by atoms with Gasteiger partial charge >= 0.3 is 0 Å². The fraction of sp³-hybridized carbons (Fsp3) is 0.200. The predicted octanol–water partition coefficient (Wildman–Crippen LogP) is 5.48. The zero-order valence-corrected chi connectivity index (χ0v) is 17.7. The summed E-state index contributed by atoms with van der Waals surface area (Å²) in [6.45, 7) is 0. The van der Waals surface area contributed by atoms with Crippen LogP contribution in [0.4, 0.5) is 11.4 Å². The molecule has 1 aliphatic carbocycles. The number of hydrogen-bond donors (Lipinski definition) is 1. The number of anilines is 1. The van der Waals surface area contributed by atoms with Crippen molar-refractivity contribution in [2.45, 2.75) is 25.3 Å². The molecule has 0 atom stereocenters. The van der Waals surface area contributed by atoms with Crippen LogP contribution in [0.3, 0.4) is 0 Å². The van der Waals surface area contributed by atoms with Crippen molar-refractivity contribution in [1.82, 2.24) is 4.57 Å². The molecule has 1 fully saturated rings. The van der Waals surface area contributed by atoms with Gasteiger partial charge < -0.3 is 9.88 Å². The Morgan fingerprint density at radius 3 is 2.52 bits per heavy atom. The molecule has 0 unspecified atom stereocenters. The minimum Gasteiger partial charge on any atom is -0.326 e. The molecule has 1 heterocycles. The fourth-order valence-corrected chi connectivity index (χ4v) is 4.04. The maximum atomic E-state index is 12.5. The topological polar surface area (TPSA) is 46.4 Å². The molecule has 140 valence electrons. The molecule has 1 amide bonds. The van der Waals surface area contributed by atoms with Crippen LogP contribution in [0.15, 0.2) is 69.4 Å². The van der Waals surface area contributed by atoms with Crippen molar-refractivity contribution >= 4 is 57.0 Å². The molecule has 1 aliphatic rings. The van der Waals surface area contributed by atoms with E-state index in [2.05, 4.69) is 31.2 Å². The summed E-state index contributed by atoms with van der Waals surface area (Å²) in [6, 6.07) is 18.0. The van der Waals surface area contributed by atoms with E-state index in [1.165, 1.54) is 0 Å². The maximum absolute atomic E-state index is 12.5. The molecular weight excluding hydrogens is 446 g/mol. The summed E-state index contributed by atoms with van der Waals surface area (Å²) in [6.07, 6.45) is 2.66. The smallest absolute Gasteiger partial charge is 0.230 e. The van der Waals surface area contributed by atoms with Crippen LogP contribution in [0.1, 0.15) is 24.6 Å². The third kappa shape index (κ3) is 5.09. The van der Waals surface area contributed by atoms with E-state index in [1.807, 2.05) is 54.6 Å². The normalized spacial score (nSPS) is 13.9. The lowest BCUT2D eigenvalue weighted by atomic mass is 10.2. The van der Waals surface area contributed by atoms with E-state index < -0.39 is 0 Å². The molecule has 1 saturated carbocycles. The first-order valence-electron chi connectivity index (χ1n) is 8.53. The number of nitrogens with one attached hydrogen (secondary N) is 1. The zero-order valence-electron chi connectivity index (χ0n) is 14.5. The van der Waals surface area contributed by atoms with Crippen molar-refractivity contribution in [3.8, 4) is 0 Å². The third-order valence-electron chi connectivity index (χ3n) is 4.18. The second-order valence-corrected chi connectivity index (χ2v) is 8.04. The number of para-hydroxylation sites is 1. The van der Waals surface area contributed by atoms with E-state index in [-0.39, 0.29) is 18.3 Å². The molecule has 4 rings (SSSR count). The minimum atomic E-state index is -0.00853. The average molecular weight is 465 g/mol. The van der Waals surface area contributed by atoms with Crippen molar-refractivity contribution in [2.24, 2.45) is 4.99 Å². The molecule has 7 heteroatoms. The first-order chi connectivity index (χ1) is 12.7. The second-order valence-electron chi connectivity index (χ2n) is 6.29. The quantitative estimate of drug-likeness (QED) is 0.534. The maximum Gasteiger partial charge on any atom is 0.230 e. The molecule has 27 heavy (non-hydrogen) atoms. The van der Waals surface area contributed by atoms with Crippen LogP contribution in [0, 0.1) is 0 Å². The summed E-state index contributed by atoms with van der Waals surface area (Å²) in [4.78, 5) is 18.2. The minimum absolute atomic E-state index is 0. The van der Waals surface area contributed by atoms with Gasteiger partial charge in [0.05, 0.1) is 12.1 Å². The highest BCUT2D eigenvalue weighted by Gasteiger charge is 2.27. The van der Waals surface area contributed by atoms with Crippen molar-refractivity contribution < 1.29 is 4.79 Å². The van der Waals surface area contributed by atoms with Crippen LogP contribution in [-0.2, 0) is 11.2 Å². The summed E-state index contributed by atoms with van der Waals surface area (Å²) in [5, 5.41) is 5.02. The summed E-state index contributed by atoms with van der Waals surface area (Å²) < 4.78 is 3.23. The van der Waals surface area contributed by atoms with Crippen molar-refractivity contribution in [3.05, 3.63) is 74.9 Å². The number of nitrogens with zero attached hydrogens (tertiary/aromatic N) is 2. The van der Waals surface area contributed by atoms with Gasteiger partial charge in [0.2, 0.25) is 5.91 Å². The molecule has 1 aromatic heterocycles. The molecule has 0 spiro atoms. The van der Waals surface area contributed by atoms with E-state index in [4.69, 9.17) is 4.99 Å². The Kier molecular flexibility index (Phi) is 6.52. The Labute approximate surface area is 176 Å². The largest absolute Gasteiger partial charge is 0.326 e. The summed E-state index contributed by atoms with van der Waals surface area (Å²) in [5.74, 6) is -0.00853. The van der Waals surface area contributed by atoms with Gasteiger partial charge in [-0.2, -0.15) is 0 Å². The first kappa shape index (κ1) is 19.9. The second kappa shape index (κ2) is 8.87. The SMILES string of the molecule is Cl.O=C(Cc1csc(=Nc2ccccc2)n1C1CC1)Nc1ccc(Br)cc1. The molecule has 1 N–H and O–H groups in total. The number of thiazole rings is 1. The first-order valence-corrected chi connectivity index (χ1v) is 10.2. The standard InChI is InChI=1S/C20H18BrN3OS.ClH/c21-14-6-8-16(9-7-14)22-19(25)12-18-13-26-20(24(18)17-10-11-17)23-15-4-2-1-3-5-15;/h1-9,13,17H,10-12H2,(H,22,25);1H. The Hall–Kier alpha value is -1.89. The van der Waals surface area contributed by atoms with Crippen LogP contribution in [0.25, 0.3) is 0 Å². The average Bonchev–Trinajstić information content (AvgIpc) is 3.41. The van der Waals surface area contributed by atoms with Crippen molar-refractivity contribution in [2.75, 3.05) is 5.32 Å². The Balaban J connectivity index is 0.00000210. The highest BCUT2D eigenvalue weighted by molar-refractivity contribution is 9.10. The molecule has 2 aromatic carbocycles. The third-order valence-corrected chi connectivity index (χ3v) is 5.60. The lowest BCUT2D eigenvalue weighted by molar-refractivity contribution is -0.115. The Bertz CT molecular complexity index is 978. The van der Waals surface area contributed by atoms with Gasteiger partial charge in [0, 0.05) is 27.3 Å². The van der Waals surface area contributed by atoms with Gasteiger partial charge in [-0.25, -0.2) is 4.99 Å². The van der Waals surface area contributed by atoms with E-state index in [9.17, 15) is 4.79 Å². The zero-order chi connectivity index (χ0) is 17.9. The number of aromatic nitrogens is 1. The molecule has 0 bridgehead atoms. The van der Waals surface area contributed by atoms with E-state index in [0.29, 0.717) is 12.5 Å². The highest BCUT2D eigenvalue weighted by atomic mass is 79.9. The Morgan fingerprint density at radius 1 is 1.15 bits per heavy atom. The van der Waals surface area contributed by atoms with Gasteiger partial charge in [-0.3, -0.25) is 4.79 Å². The van der Waals surface area contributed by atoms with Crippen LogP contribution >= 0.6 is 39.7 Å². The molecule has 0 saturated heterocycles. The number of carbonyl (C=O) groups is 1. The number of rotatable bonds is 5. The molecule has 0 radical (unpaired) electrons. The Morgan fingerprint density at radius 2 is 1.85 bits per heavy atom. The molecule has 3 aromatic rings. The monoisotopic (exact) mass is 463 g/mol. The predicted molar refractivity (Wildman–Crippen MR) is 116 cm³/mol. The summed E-state index contributed by atoms with van der Waals surface area (Å²) in [7, 11) is 0. The van der Waals surface area contributed by atoms with Gasteiger partial charge in [-0.05, 0) is 49.2 Å². The highest BCUT2D eigenvalue weighted by Crippen LogP contribution is 2.35. The molecule has 4 nitrogen and oxygen atoms in total. The number of hydrogen-bond acceptors (Lipinski definition) is 3. The summed E-state index contributed by atoms with van der Waals surface area (Å²) >= 11 is 5.00. The lowest BCUT2D eigenvalue weighted by Crippen LogP contribution is -2.21. The van der Waals surface area contributed by atoms with Crippen LogP contribution in [0.5, 0.6) is 0 Å².